The van der Waals surface area contributed by atoms with Crippen molar-refractivity contribution >= 4 is 5.97 Å². The lowest BCUT2D eigenvalue weighted by Gasteiger charge is -2.31. The third-order valence-corrected chi connectivity index (χ3v) is 3.68. The van der Waals surface area contributed by atoms with E-state index in [4.69, 9.17) is 4.74 Å². The molecule has 1 unspecified atom stereocenters. The summed E-state index contributed by atoms with van der Waals surface area (Å²) < 4.78 is 31.8. The SMILES string of the molecule is COC(=O)C1(C(c2ccc(F)cc2F)N(C)C)CC1. The number of ether oxygens (including phenoxy) is 1. The Bertz CT molecular complexity index is 498. The van der Waals surface area contributed by atoms with E-state index in [1.165, 1.54) is 19.2 Å². The lowest BCUT2D eigenvalue weighted by molar-refractivity contribution is -0.150. The number of carbonyl (C=O) groups excluding carboxylic acids is 1. The molecular weight excluding hydrogens is 252 g/mol. The van der Waals surface area contributed by atoms with Gasteiger partial charge in [-0.2, -0.15) is 0 Å². The maximum absolute atomic E-state index is 14.0. The summed E-state index contributed by atoms with van der Waals surface area (Å²) in [7, 11) is 4.88. The van der Waals surface area contributed by atoms with E-state index in [1.807, 2.05) is 0 Å². The van der Waals surface area contributed by atoms with Gasteiger partial charge in [-0.25, -0.2) is 8.78 Å². The Balaban J connectivity index is 2.44. The number of esters is 1. The molecule has 1 fully saturated rings. The summed E-state index contributed by atoms with van der Waals surface area (Å²) >= 11 is 0. The summed E-state index contributed by atoms with van der Waals surface area (Å²) in [4.78, 5) is 13.7. The van der Waals surface area contributed by atoms with Crippen molar-refractivity contribution in [2.45, 2.75) is 18.9 Å². The molecule has 1 atom stereocenters. The van der Waals surface area contributed by atoms with Gasteiger partial charge < -0.3 is 9.64 Å². The molecule has 0 radical (unpaired) electrons. The van der Waals surface area contributed by atoms with Gasteiger partial charge in [-0.05, 0) is 33.0 Å². The third kappa shape index (κ3) is 2.34. The summed E-state index contributed by atoms with van der Waals surface area (Å²) in [6.07, 6.45) is 1.30. The number of nitrogens with zero attached hydrogens (tertiary/aromatic N) is 1. The zero-order valence-electron chi connectivity index (χ0n) is 11.2. The van der Waals surface area contributed by atoms with E-state index in [-0.39, 0.29) is 5.97 Å². The molecule has 1 aromatic rings. The van der Waals surface area contributed by atoms with Gasteiger partial charge in [0.1, 0.15) is 11.6 Å². The highest BCUT2D eigenvalue weighted by Crippen LogP contribution is 2.57. The largest absolute Gasteiger partial charge is 0.469 e. The van der Waals surface area contributed by atoms with Crippen molar-refractivity contribution in [3.05, 3.63) is 35.4 Å². The molecule has 0 aromatic heterocycles. The molecule has 104 valence electrons. The van der Waals surface area contributed by atoms with Crippen molar-refractivity contribution in [3.63, 3.8) is 0 Å². The Hall–Kier alpha value is -1.49. The second-order valence-corrected chi connectivity index (χ2v) is 5.18. The van der Waals surface area contributed by atoms with Gasteiger partial charge in [-0.1, -0.05) is 6.07 Å². The lowest BCUT2D eigenvalue weighted by Crippen LogP contribution is -2.35. The molecule has 0 spiro atoms. The first kappa shape index (κ1) is 13.9. The van der Waals surface area contributed by atoms with Crippen LogP contribution in [0, 0.1) is 17.0 Å². The quantitative estimate of drug-likeness (QED) is 0.787. The maximum atomic E-state index is 14.0. The van der Waals surface area contributed by atoms with Crippen LogP contribution >= 0.6 is 0 Å². The van der Waals surface area contributed by atoms with E-state index in [0.29, 0.717) is 18.4 Å². The predicted molar refractivity (Wildman–Crippen MR) is 66.5 cm³/mol. The number of halogens is 2. The fraction of sp³-hybridized carbons (Fsp3) is 0.500. The first-order valence-electron chi connectivity index (χ1n) is 6.12. The van der Waals surface area contributed by atoms with Crippen LogP contribution in [-0.4, -0.2) is 32.1 Å². The Morgan fingerprint density at radius 2 is 2.00 bits per heavy atom. The highest BCUT2D eigenvalue weighted by molar-refractivity contribution is 5.81. The van der Waals surface area contributed by atoms with Gasteiger partial charge in [-0.15, -0.1) is 0 Å². The van der Waals surface area contributed by atoms with E-state index in [1.54, 1.807) is 19.0 Å². The second kappa shape index (κ2) is 4.89. The molecule has 1 aliphatic carbocycles. The van der Waals surface area contributed by atoms with Crippen molar-refractivity contribution < 1.29 is 18.3 Å². The van der Waals surface area contributed by atoms with E-state index < -0.39 is 23.1 Å². The van der Waals surface area contributed by atoms with E-state index >= 15 is 0 Å². The van der Waals surface area contributed by atoms with Crippen molar-refractivity contribution in [2.24, 2.45) is 5.41 Å². The van der Waals surface area contributed by atoms with E-state index in [9.17, 15) is 13.6 Å². The Kier molecular flexibility index (Phi) is 3.58. The van der Waals surface area contributed by atoms with Crippen LogP contribution in [0.4, 0.5) is 8.78 Å². The fourth-order valence-corrected chi connectivity index (χ4v) is 2.72. The molecule has 0 saturated heterocycles. The normalized spacial score (nSPS) is 18.2. The zero-order valence-corrected chi connectivity index (χ0v) is 11.2. The van der Waals surface area contributed by atoms with Gasteiger partial charge in [0.05, 0.1) is 18.6 Å². The van der Waals surface area contributed by atoms with Gasteiger partial charge in [0, 0.05) is 11.6 Å². The molecule has 0 aliphatic heterocycles. The number of carbonyl (C=O) groups is 1. The molecule has 0 amide bonds. The minimum Gasteiger partial charge on any atom is -0.469 e. The number of methoxy groups -OCH3 is 1. The van der Waals surface area contributed by atoms with E-state index in [2.05, 4.69) is 0 Å². The molecular formula is C14H17F2NO2. The van der Waals surface area contributed by atoms with E-state index in [0.717, 1.165) is 6.07 Å². The van der Waals surface area contributed by atoms with Crippen LogP contribution < -0.4 is 0 Å². The topological polar surface area (TPSA) is 29.5 Å². The van der Waals surface area contributed by atoms with Crippen LogP contribution in [0.2, 0.25) is 0 Å². The predicted octanol–water partition coefficient (Wildman–Crippen LogP) is 2.52. The highest BCUT2D eigenvalue weighted by atomic mass is 19.1. The van der Waals surface area contributed by atoms with Crippen LogP contribution in [0.5, 0.6) is 0 Å². The average molecular weight is 269 g/mol. The monoisotopic (exact) mass is 269 g/mol. The van der Waals surface area contributed by atoms with Crippen molar-refractivity contribution in [1.29, 1.82) is 0 Å². The number of hydrogen-bond acceptors (Lipinski definition) is 3. The zero-order chi connectivity index (χ0) is 14.2. The Morgan fingerprint density at radius 3 is 2.42 bits per heavy atom. The summed E-state index contributed by atoms with van der Waals surface area (Å²) in [6, 6.07) is 3.01. The highest BCUT2D eigenvalue weighted by Gasteiger charge is 2.58. The lowest BCUT2D eigenvalue weighted by atomic mass is 9.88. The second-order valence-electron chi connectivity index (χ2n) is 5.18. The molecule has 0 heterocycles. The summed E-state index contributed by atoms with van der Waals surface area (Å²) in [5.74, 6) is -1.59. The Labute approximate surface area is 111 Å². The molecule has 0 N–H and O–H groups in total. The molecule has 0 bridgehead atoms. The van der Waals surface area contributed by atoms with Crippen LogP contribution in [0.15, 0.2) is 18.2 Å². The first-order chi connectivity index (χ1) is 8.92. The van der Waals surface area contributed by atoms with Crippen LogP contribution in [0.1, 0.15) is 24.4 Å². The van der Waals surface area contributed by atoms with Crippen molar-refractivity contribution in [2.75, 3.05) is 21.2 Å². The van der Waals surface area contributed by atoms with Crippen LogP contribution in [-0.2, 0) is 9.53 Å². The number of hydrogen-bond donors (Lipinski definition) is 0. The molecule has 19 heavy (non-hydrogen) atoms. The fourth-order valence-electron chi connectivity index (χ4n) is 2.72. The summed E-state index contributed by atoms with van der Waals surface area (Å²) in [5.41, 5.74) is -0.383. The molecule has 1 aliphatic rings. The van der Waals surface area contributed by atoms with Crippen molar-refractivity contribution in [1.82, 2.24) is 4.90 Å². The van der Waals surface area contributed by atoms with Gasteiger partial charge in [0.2, 0.25) is 0 Å². The number of benzene rings is 1. The molecule has 1 aromatic carbocycles. The summed E-state index contributed by atoms with van der Waals surface area (Å²) in [5, 5.41) is 0. The molecule has 2 rings (SSSR count). The van der Waals surface area contributed by atoms with Crippen LogP contribution in [0.25, 0.3) is 0 Å². The molecule has 5 heteroatoms. The van der Waals surface area contributed by atoms with Gasteiger partial charge in [0.15, 0.2) is 0 Å². The minimum atomic E-state index is -0.711. The first-order valence-corrected chi connectivity index (χ1v) is 6.12. The minimum absolute atomic E-state index is 0.328. The molecule has 3 nitrogen and oxygen atoms in total. The molecule has 1 saturated carbocycles. The maximum Gasteiger partial charge on any atom is 0.313 e. The van der Waals surface area contributed by atoms with Gasteiger partial charge >= 0.3 is 5.97 Å². The average Bonchev–Trinajstić information content (AvgIpc) is 3.12. The standard InChI is InChI=1S/C14H17F2NO2/c1-17(2)12(14(6-7-14)13(18)19-3)10-5-4-9(15)8-11(10)16/h4-5,8,12H,6-7H2,1-3H3. The summed E-state index contributed by atoms with van der Waals surface area (Å²) in [6.45, 7) is 0. The van der Waals surface area contributed by atoms with Crippen LogP contribution in [0.3, 0.4) is 0 Å². The number of rotatable bonds is 4. The van der Waals surface area contributed by atoms with Crippen molar-refractivity contribution in [3.8, 4) is 0 Å². The Morgan fingerprint density at radius 1 is 1.37 bits per heavy atom. The van der Waals surface area contributed by atoms with Gasteiger partial charge in [-0.3, -0.25) is 4.79 Å². The third-order valence-electron chi connectivity index (χ3n) is 3.68. The smallest absolute Gasteiger partial charge is 0.313 e. The van der Waals surface area contributed by atoms with Gasteiger partial charge in [0.25, 0.3) is 0 Å².